The molecule has 5 heteroatoms. The number of rotatable bonds is 7. The van der Waals surface area contributed by atoms with Crippen LogP contribution in [-0.4, -0.2) is 23.4 Å². The minimum Gasteiger partial charge on any atom is -0.462 e. The van der Waals surface area contributed by atoms with Gasteiger partial charge in [-0.2, -0.15) is 0 Å². The zero-order valence-electron chi connectivity index (χ0n) is 11.2. The molecule has 1 heterocycles. The Morgan fingerprint density at radius 2 is 2.21 bits per heavy atom. The Labute approximate surface area is 118 Å². The van der Waals surface area contributed by atoms with E-state index in [1.54, 1.807) is 18.4 Å². The van der Waals surface area contributed by atoms with Gasteiger partial charge in [0, 0.05) is 12.2 Å². The number of hydrogen-bond donors (Lipinski definition) is 0. The van der Waals surface area contributed by atoms with Gasteiger partial charge < -0.3 is 9.30 Å². The largest absolute Gasteiger partial charge is 0.462 e. The fourth-order valence-corrected chi connectivity index (χ4v) is 2.30. The molecule has 0 bridgehead atoms. The van der Waals surface area contributed by atoms with Crippen molar-refractivity contribution in [2.45, 2.75) is 33.2 Å². The summed E-state index contributed by atoms with van der Waals surface area (Å²) in [4.78, 5) is 23.0. The van der Waals surface area contributed by atoms with Crippen LogP contribution in [0.2, 0.25) is 5.15 Å². The zero-order valence-corrected chi connectivity index (χ0v) is 12.0. The Morgan fingerprint density at radius 1 is 1.53 bits per heavy atom. The summed E-state index contributed by atoms with van der Waals surface area (Å²) in [6.07, 6.45) is 4.11. The number of aromatic nitrogens is 1. The van der Waals surface area contributed by atoms with Gasteiger partial charge in [0.05, 0.1) is 17.7 Å². The smallest absolute Gasteiger partial charge is 0.340 e. The first-order valence-electron chi connectivity index (χ1n) is 6.20. The van der Waals surface area contributed by atoms with Gasteiger partial charge >= 0.3 is 5.97 Å². The van der Waals surface area contributed by atoms with Gasteiger partial charge in [0.25, 0.3) is 0 Å². The first kappa shape index (κ1) is 15.5. The first-order valence-corrected chi connectivity index (χ1v) is 6.58. The van der Waals surface area contributed by atoms with Gasteiger partial charge in [-0.1, -0.05) is 17.7 Å². The van der Waals surface area contributed by atoms with Crippen LogP contribution in [0.1, 0.15) is 46.2 Å². The minimum absolute atomic E-state index is 0.205. The molecule has 19 heavy (non-hydrogen) atoms. The number of hydrogen-bond acceptors (Lipinski definition) is 3. The zero-order chi connectivity index (χ0) is 14.4. The SMILES string of the molecule is C=CCCCn1c(C)c(C(=O)OCC)c(C=O)c1Cl. The summed E-state index contributed by atoms with van der Waals surface area (Å²) in [6, 6.07) is 0. The van der Waals surface area contributed by atoms with E-state index in [1.807, 2.05) is 6.08 Å². The van der Waals surface area contributed by atoms with E-state index in [4.69, 9.17) is 16.3 Å². The van der Waals surface area contributed by atoms with Crippen molar-refractivity contribution in [3.63, 3.8) is 0 Å². The van der Waals surface area contributed by atoms with E-state index in [2.05, 4.69) is 6.58 Å². The first-order chi connectivity index (χ1) is 9.08. The molecule has 0 saturated carbocycles. The Bertz CT molecular complexity index is 491. The topological polar surface area (TPSA) is 48.3 Å². The second-order valence-electron chi connectivity index (χ2n) is 4.09. The minimum atomic E-state index is -0.508. The third-order valence-electron chi connectivity index (χ3n) is 2.88. The Balaban J connectivity index is 3.16. The molecule has 0 N–H and O–H groups in total. The summed E-state index contributed by atoms with van der Waals surface area (Å²) in [5.74, 6) is -0.508. The second-order valence-corrected chi connectivity index (χ2v) is 4.44. The molecule has 0 aliphatic rings. The van der Waals surface area contributed by atoms with Crippen LogP contribution in [0.15, 0.2) is 12.7 Å². The van der Waals surface area contributed by atoms with Gasteiger partial charge in [-0.15, -0.1) is 6.58 Å². The van der Waals surface area contributed by atoms with Crippen LogP contribution in [-0.2, 0) is 11.3 Å². The number of carbonyl (C=O) groups is 2. The highest BCUT2D eigenvalue weighted by atomic mass is 35.5. The van der Waals surface area contributed by atoms with Crippen molar-refractivity contribution in [2.75, 3.05) is 6.61 Å². The number of unbranched alkanes of at least 4 members (excludes halogenated alkanes) is 1. The highest BCUT2D eigenvalue weighted by Gasteiger charge is 2.24. The molecule has 0 fully saturated rings. The highest BCUT2D eigenvalue weighted by molar-refractivity contribution is 6.33. The highest BCUT2D eigenvalue weighted by Crippen LogP contribution is 2.27. The third-order valence-corrected chi connectivity index (χ3v) is 3.29. The molecule has 104 valence electrons. The lowest BCUT2D eigenvalue weighted by molar-refractivity contribution is 0.0523. The second kappa shape index (κ2) is 7.14. The van der Waals surface area contributed by atoms with Crippen LogP contribution >= 0.6 is 11.6 Å². The van der Waals surface area contributed by atoms with Crippen LogP contribution < -0.4 is 0 Å². The molecule has 4 nitrogen and oxygen atoms in total. The number of halogens is 1. The summed E-state index contributed by atoms with van der Waals surface area (Å²) < 4.78 is 6.72. The molecule has 1 rings (SSSR count). The number of carbonyl (C=O) groups excluding carboxylic acids is 2. The van der Waals surface area contributed by atoms with Crippen molar-refractivity contribution in [3.05, 3.63) is 34.6 Å². The van der Waals surface area contributed by atoms with E-state index in [9.17, 15) is 9.59 Å². The summed E-state index contributed by atoms with van der Waals surface area (Å²) in [5.41, 5.74) is 1.13. The molecule has 0 aliphatic heterocycles. The van der Waals surface area contributed by atoms with E-state index < -0.39 is 5.97 Å². The maximum Gasteiger partial charge on any atom is 0.340 e. The molecule has 0 unspecified atom stereocenters. The van der Waals surface area contributed by atoms with Crippen LogP contribution in [0.25, 0.3) is 0 Å². The van der Waals surface area contributed by atoms with Crippen molar-refractivity contribution in [2.24, 2.45) is 0 Å². The quantitative estimate of drug-likeness (QED) is 0.333. The van der Waals surface area contributed by atoms with Gasteiger partial charge in [-0.25, -0.2) is 4.79 Å². The van der Waals surface area contributed by atoms with Gasteiger partial charge in [-0.3, -0.25) is 4.79 Å². The lowest BCUT2D eigenvalue weighted by Crippen LogP contribution is -2.09. The molecule has 0 aliphatic carbocycles. The van der Waals surface area contributed by atoms with Crippen molar-refractivity contribution < 1.29 is 14.3 Å². The molecule has 0 amide bonds. The monoisotopic (exact) mass is 283 g/mol. The molecular weight excluding hydrogens is 266 g/mol. The van der Waals surface area contributed by atoms with E-state index >= 15 is 0 Å². The summed E-state index contributed by atoms with van der Waals surface area (Å²) >= 11 is 6.16. The summed E-state index contributed by atoms with van der Waals surface area (Å²) in [7, 11) is 0. The predicted molar refractivity (Wildman–Crippen MR) is 75.0 cm³/mol. The fraction of sp³-hybridized carbons (Fsp3) is 0.429. The fourth-order valence-electron chi connectivity index (χ4n) is 1.95. The Hall–Kier alpha value is -1.55. The summed E-state index contributed by atoms with van der Waals surface area (Å²) in [6.45, 7) is 8.03. The number of esters is 1. The average molecular weight is 284 g/mol. The molecule has 0 radical (unpaired) electrons. The van der Waals surface area contributed by atoms with Gasteiger partial charge in [0.1, 0.15) is 5.15 Å². The van der Waals surface area contributed by atoms with E-state index in [0.717, 1.165) is 12.8 Å². The summed E-state index contributed by atoms with van der Waals surface area (Å²) in [5, 5.41) is 0.291. The normalized spacial score (nSPS) is 10.3. The van der Waals surface area contributed by atoms with E-state index in [0.29, 0.717) is 23.7 Å². The van der Waals surface area contributed by atoms with E-state index in [1.165, 1.54) is 0 Å². The lowest BCUT2D eigenvalue weighted by Gasteiger charge is -2.07. The standard InChI is InChI=1S/C14H18ClNO3/c1-4-6-7-8-16-10(3)12(14(18)19-5-2)11(9-17)13(16)15/h4,9H,1,5-8H2,2-3H3. The van der Waals surface area contributed by atoms with E-state index in [-0.39, 0.29) is 17.7 Å². The maximum absolute atomic E-state index is 11.9. The predicted octanol–water partition coefficient (Wildman–Crippen LogP) is 3.41. The molecular formula is C14H18ClNO3. The van der Waals surface area contributed by atoms with Crippen molar-refractivity contribution in [3.8, 4) is 0 Å². The molecule has 1 aromatic rings. The number of nitrogens with zero attached hydrogens (tertiary/aromatic N) is 1. The molecule has 1 aromatic heterocycles. The molecule has 0 saturated heterocycles. The molecule has 0 aromatic carbocycles. The van der Waals surface area contributed by atoms with Crippen LogP contribution in [0.5, 0.6) is 0 Å². The van der Waals surface area contributed by atoms with Crippen LogP contribution in [0.4, 0.5) is 0 Å². The Kier molecular flexibility index (Phi) is 5.83. The van der Waals surface area contributed by atoms with Gasteiger partial charge in [0.15, 0.2) is 6.29 Å². The maximum atomic E-state index is 11.9. The van der Waals surface area contributed by atoms with Gasteiger partial charge in [0.2, 0.25) is 0 Å². The Morgan fingerprint density at radius 3 is 2.74 bits per heavy atom. The van der Waals surface area contributed by atoms with Gasteiger partial charge in [-0.05, 0) is 26.7 Å². The van der Waals surface area contributed by atoms with Crippen LogP contribution in [0.3, 0.4) is 0 Å². The lowest BCUT2D eigenvalue weighted by atomic mass is 10.1. The molecule has 0 spiro atoms. The third kappa shape index (κ3) is 3.26. The molecule has 0 atom stereocenters. The van der Waals surface area contributed by atoms with Crippen molar-refractivity contribution in [1.82, 2.24) is 4.57 Å². The van der Waals surface area contributed by atoms with Crippen molar-refractivity contribution >= 4 is 23.9 Å². The number of allylic oxidation sites excluding steroid dienone is 1. The number of aldehydes is 1. The van der Waals surface area contributed by atoms with Crippen LogP contribution in [0, 0.1) is 6.92 Å². The average Bonchev–Trinajstić information content (AvgIpc) is 2.62. The van der Waals surface area contributed by atoms with Crippen molar-refractivity contribution in [1.29, 1.82) is 0 Å². The number of ether oxygens (including phenoxy) is 1.